The van der Waals surface area contributed by atoms with Crippen molar-refractivity contribution < 1.29 is 0 Å². The van der Waals surface area contributed by atoms with Crippen molar-refractivity contribution >= 4 is 11.7 Å². The topological polar surface area (TPSA) is 48.2 Å². The Morgan fingerprint density at radius 3 is 2.60 bits per heavy atom. The highest BCUT2D eigenvalue weighted by molar-refractivity contribution is 5.46. The molecular weight excluding hydrogens is 126 g/mol. The molecule has 0 aliphatic rings. The van der Waals surface area contributed by atoms with E-state index in [1.165, 1.54) is 0 Å². The maximum absolute atomic E-state index is 6.47. The second-order valence-corrected chi connectivity index (χ2v) is 1.70. The molecule has 0 heterocycles. The van der Waals surface area contributed by atoms with Gasteiger partial charge in [0.05, 0.1) is 5.69 Å². The van der Waals surface area contributed by atoms with Gasteiger partial charge in [-0.15, -0.1) is 5.10 Å². The molecule has 0 spiro atoms. The molecule has 0 saturated heterocycles. The van der Waals surface area contributed by atoms with Gasteiger partial charge in [0, 0.05) is 0 Å². The van der Waals surface area contributed by atoms with E-state index in [0.29, 0.717) is 0 Å². The number of nitrogens with one attached hydrogen (secondary N) is 2. The van der Waals surface area contributed by atoms with Crippen LogP contribution in [-0.2, 0) is 0 Å². The van der Waals surface area contributed by atoms with Crippen molar-refractivity contribution in [3.8, 4) is 0 Å². The van der Waals surface area contributed by atoms with Gasteiger partial charge in [-0.3, -0.25) is 5.43 Å². The number of nitrogens with zero attached hydrogens (tertiary/aromatic N) is 1. The Balaban J connectivity index is 2.67. The average Bonchev–Trinajstić information content (AvgIpc) is 2.03. The lowest BCUT2D eigenvalue weighted by Gasteiger charge is -1.93. The summed E-state index contributed by atoms with van der Waals surface area (Å²) in [6, 6.07) is 11.3. The van der Waals surface area contributed by atoms with Crippen LogP contribution in [0.1, 0.15) is 0 Å². The first-order chi connectivity index (χ1) is 4.93. The van der Waals surface area contributed by atoms with Crippen molar-refractivity contribution in [3.63, 3.8) is 0 Å². The molecule has 1 aromatic carbocycles. The molecule has 0 aromatic heterocycles. The molecule has 50 valence electrons. The van der Waals surface area contributed by atoms with E-state index in [-0.39, 0.29) is 0 Å². The Bertz CT molecular complexity index is 236. The van der Waals surface area contributed by atoms with E-state index in [1.54, 1.807) is 0 Å². The van der Waals surface area contributed by atoms with Crippen molar-refractivity contribution in [2.45, 2.75) is 0 Å². The molecule has 0 unspecified atom stereocenters. The number of hydrogen-bond acceptors (Lipinski definition) is 3. The molecule has 1 aromatic rings. The van der Waals surface area contributed by atoms with Gasteiger partial charge < -0.3 is 0 Å². The minimum atomic E-state index is 0.863. The van der Waals surface area contributed by atoms with Crippen LogP contribution < -0.4 is 5.43 Å². The number of hydrogen-bond donors (Lipinski definition) is 2. The molecule has 0 bridgehead atoms. The molecule has 3 nitrogen and oxygen atoms in total. The number of para-hydroxylation sites is 1. The quantitative estimate of drug-likeness (QED) is 0.468. The van der Waals surface area contributed by atoms with E-state index in [2.05, 4.69) is 10.5 Å². The van der Waals surface area contributed by atoms with Gasteiger partial charge in [-0.25, -0.2) is 5.41 Å². The van der Waals surface area contributed by atoms with E-state index >= 15 is 0 Å². The predicted molar refractivity (Wildman–Crippen MR) is 40.2 cm³/mol. The van der Waals surface area contributed by atoms with E-state index in [4.69, 9.17) is 5.41 Å². The fourth-order valence-electron chi connectivity index (χ4n) is 0.605. The summed E-state index contributed by atoms with van der Waals surface area (Å²) in [5, 5.41) is 9.88. The monoisotopic (exact) mass is 133 g/mol. The van der Waals surface area contributed by atoms with Crippen LogP contribution in [0.2, 0.25) is 0 Å². The molecule has 0 amide bonds. The van der Waals surface area contributed by atoms with Crippen molar-refractivity contribution in [1.82, 2.24) is 0 Å². The molecule has 0 saturated carbocycles. The molecule has 0 aliphatic carbocycles. The van der Waals surface area contributed by atoms with Crippen LogP contribution in [0.3, 0.4) is 0 Å². The SMILES string of the molecule is N=C=NNc1ccccc1. The second-order valence-electron chi connectivity index (χ2n) is 1.70. The lowest BCUT2D eigenvalue weighted by atomic mass is 10.3. The van der Waals surface area contributed by atoms with E-state index in [9.17, 15) is 0 Å². The minimum absolute atomic E-state index is 0.863. The van der Waals surface area contributed by atoms with Crippen LogP contribution in [0.4, 0.5) is 5.69 Å². The van der Waals surface area contributed by atoms with E-state index in [1.807, 2.05) is 36.3 Å². The van der Waals surface area contributed by atoms with Crippen molar-refractivity contribution in [3.05, 3.63) is 30.3 Å². The van der Waals surface area contributed by atoms with Crippen molar-refractivity contribution in [2.75, 3.05) is 5.43 Å². The number of hydrazone groups is 1. The lowest BCUT2D eigenvalue weighted by Crippen LogP contribution is -1.84. The van der Waals surface area contributed by atoms with Crippen molar-refractivity contribution in [1.29, 1.82) is 5.41 Å². The third kappa shape index (κ3) is 1.73. The fraction of sp³-hybridized carbons (Fsp3) is 0. The highest BCUT2D eigenvalue weighted by Crippen LogP contribution is 2.03. The smallest absolute Gasteiger partial charge is 0.112 e. The van der Waals surface area contributed by atoms with Crippen molar-refractivity contribution in [2.24, 2.45) is 5.10 Å². The minimum Gasteiger partial charge on any atom is -0.269 e. The zero-order valence-corrected chi connectivity index (χ0v) is 5.33. The highest BCUT2D eigenvalue weighted by atomic mass is 15.3. The van der Waals surface area contributed by atoms with Gasteiger partial charge in [0.25, 0.3) is 0 Å². The zero-order chi connectivity index (χ0) is 7.23. The maximum Gasteiger partial charge on any atom is 0.112 e. The third-order valence-corrected chi connectivity index (χ3v) is 1.01. The normalized spacial score (nSPS) is 8.00. The summed E-state index contributed by atoms with van der Waals surface area (Å²) in [5.74, 6) is 0. The van der Waals surface area contributed by atoms with Crippen LogP contribution in [0, 0.1) is 5.41 Å². The van der Waals surface area contributed by atoms with Crippen LogP contribution >= 0.6 is 0 Å². The Kier molecular flexibility index (Phi) is 2.24. The molecular formula is C7H7N3. The van der Waals surface area contributed by atoms with E-state index in [0.717, 1.165) is 5.69 Å². The Hall–Kier alpha value is -1.60. The lowest BCUT2D eigenvalue weighted by molar-refractivity contribution is 1.34. The Morgan fingerprint density at radius 2 is 2.00 bits per heavy atom. The first kappa shape index (κ1) is 6.52. The van der Waals surface area contributed by atoms with Gasteiger partial charge in [0.1, 0.15) is 6.01 Å². The summed E-state index contributed by atoms with van der Waals surface area (Å²) in [6.45, 7) is 0. The third-order valence-electron chi connectivity index (χ3n) is 1.01. The number of benzene rings is 1. The predicted octanol–water partition coefficient (Wildman–Crippen LogP) is 1.77. The first-order valence-electron chi connectivity index (χ1n) is 2.86. The summed E-state index contributed by atoms with van der Waals surface area (Å²) < 4.78 is 0. The average molecular weight is 133 g/mol. The molecule has 0 aliphatic heterocycles. The van der Waals surface area contributed by atoms with Gasteiger partial charge in [-0.1, -0.05) is 18.2 Å². The highest BCUT2D eigenvalue weighted by Gasteiger charge is 1.81. The molecule has 0 fully saturated rings. The van der Waals surface area contributed by atoms with Crippen LogP contribution in [0.5, 0.6) is 0 Å². The van der Waals surface area contributed by atoms with Gasteiger partial charge in [-0.2, -0.15) is 0 Å². The van der Waals surface area contributed by atoms with Gasteiger partial charge in [-0.05, 0) is 12.1 Å². The Morgan fingerprint density at radius 1 is 1.30 bits per heavy atom. The molecule has 0 atom stereocenters. The van der Waals surface area contributed by atoms with Crippen LogP contribution in [0.15, 0.2) is 35.4 Å². The first-order valence-corrected chi connectivity index (χ1v) is 2.86. The van der Waals surface area contributed by atoms with Crippen LogP contribution in [0.25, 0.3) is 0 Å². The summed E-state index contributed by atoms with van der Waals surface area (Å²) in [7, 11) is 0. The van der Waals surface area contributed by atoms with Gasteiger partial charge in [0.15, 0.2) is 0 Å². The maximum atomic E-state index is 6.47. The largest absolute Gasteiger partial charge is 0.269 e. The Labute approximate surface area is 58.9 Å². The summed E-state index contributed by atoms with van der Waals surface area (Å²) >= 11 is 0. The molecule has 10 heavy (non-hydrogen) atoms. The molecule has 2 N–H and O–H groups in total. The summed E-state index contributed by atoms with van der Waals surface area (Å²) in [5.41, 5.74) is 3.48. The number of anilines is 1. The molecule has 3 heteroatoms. The molecule has 1 rings (SSSR count). The fourth-order valence-corrected chi connectivity index (χ4v) is 0.605. The van der Waals surface area contributed by atoms with E-state index < -0.39 is 0 Å². The second kappa shape index (κ2) is 3.43. The zero-order valence-electron chi connectivity index (χ0n) is 5.33. The molecule has 0 radical (unpaired) electrons. The summed E-state index contributed by atoms with van der Waals surface area (Å²) in [4.78, 5) is 0. The van der Waals surface area contributed by atoms with Gasteiger partial charge >= 0.3 is 0 Å². The van der Waals surface area contributed by atoms with Gasteiger partial charge in [0.2, 0.25) is 0 Å². The summed E-state index contributed by atoms with van der Waals surface area (Å²) in [6.07, 6.45) is 0. The number of rotatable bonds is 2. The van der Waals surface area contributed by atoms with Crippen LogP contribution in [-0.4, -0.2) is 6.01 Å². The standard InChI is InChI=1S/C7H7N3/c8-6-9-10-7-4-2-1-3-5-7/h1-5,8,10H.